The molecule has 0 heterocycles. The Morgan fingerprint density at radius 1 is 0.839 bits per heavy atom. The van der Waals surface area contributed by atoms with Crippen LogP contribution in [0.4, 0.5) is 0 Å². The van der Waals surface area contributed by atoms with Crippen LogP contribution in [-0.2, 0) is 28.8 Å². The highest BCUT2D eigenvalue weighted by Crippen LogP contribution is 2.03. The second kappa shape index (κ2) is 13.4. The zero-order valence-corrected chi connectivity index (χ0v) is 17.4. The van der Waals surface area contributed by atoms with Crippen molar-refractivity contribution in [3.05, 3.63) is 0 Å². The van der Waals surface area contributed by atoms with Crippen molar-refractivity contribution in [3.63, 3.8) is 0 Å². The first-order chi connectivity index (χ1) is 14.3. The van der Waals surface area contributed by atoms with Gasteiger partial charge in [-0.15, -0.1) is 0 Å². The molecular formula is C16H26N4O10S. The largest absolute Gasteiger partial charge is 0.481 e. The second-order valence-corrected chi connectivity index (χ2v) is 6.87. The van der Waals surface area contributed by atoms with Gasteiger partial charge in [-0.25, -0.2) is 4.79 Å². The summed E-state index contributed by atoms with van der Waals surface area (Å²) < 4.78 is 0. The van der Waals surface area contributed by atoms with E-state index in [4.69, 9.17) is 21.1 Å². The third-order valence-corrected chi connectivity index (χ3v) is 4.28. The molecule has 0 aromatic heterocycles. The molecule has 15 heteroatoms. The predicted octanol–water partition coefficient (Wildman–Crippen LogP) is -3.50. The smallest absolute Gasteiger partial charge is 0.327 e. The highest BCUT2D eigenvalue weighted by atomic mass is 32.1. The van der Waals surface area contributed by atoms with Crippen LogP contribution in [0.3, 0.4) is 0 Å². The summed E-state index contributed by atoms with van der Waals surface area (Å²) in [5.74, 6) is -7.79. The third kappa shape index (κ3) is 10.6. The molecule has 3 amide bonds. The second-order valence-electron chi connectivity index (χ2n) is 6.50. The van der Waals surface area contributed by atoms with Gasteiger partial charge in [0, 0.05) is 12.2 Å². The number of hydrogen-bond acceptors (Lipinski definition) is 9. The van der Waals surface area contributed by atoms with Gasteiger partial charge >= 0.3 is 17.9 Å². The lowest BCUT2D eigenvalue weighted by Gasteiger charge is -2.24. The number of nitrogens with two attached hydrogens (primary N) is 1. The van der Waals surface area contributed by atoms with Crippen molar-refractivity contribution in [2.75, 3.05) is 5.75 Å². The van der Waals surface area contributed by atoms with Gasteiger partial charge < -0.3 is 42.1 Å². The molecule has 0 saturated carbocycles. The molecule has 0 bridgehead atoms. The summed E-state index contributed by atoms with van der Waals surface area (Å²) in [5.41, 5.74) is 5.46. The van der Waals surface area contributed by atoms with Gasteiger partial charge in [-0.3, -0.25) is 24.0 Å². The minimum absolute atomic E-state index is 0.316. The number of aliphatic hydroxyl groups is 1. The molecule has 0 spiro atoms. The molecule has 0 rings (SSSR count). The van der Waals surface area contributed by atoms with Crippen molar-refractivity contribution in [2.45, 2.75) is 56.5 Å². The van der Waals surface area contributed by atoms with E-state index in [2.05, 4.69) is 23.3 Å². The number of carboxylic acid groups (broad SMARTS) is 3. The maximum Gasteiger partial charge on any atom is 0.327 e. The first kappa shape index (κ1) is 28.1. The fourth-order valence-electron chi connectivity index (χ4n) is 2.14. The van der Waals surface area contributed by atoms with Crippen LogP contribution in [0.2, 0.25) is 0 Å². The molecule has 14 nitrogen and oxygen atoms in total. The summed E-state index contributed by atoms with van der Waals surface area (Å²) >= 11 is 3.76. The molecule has 0 radical (unpaired) electrons. The number of carboxylic acids is 3. The van der Waals surface area contributed by atoms with Crippen molar-refractivity contribution < 1.29 is 49.2 Å². The summed E-state index contributed by atoms with van der Waals surface area (Å²) in [6, 6.07) is -6.17. The summed E-state index contributed by atoms with van der Waals surface area (Å²) in [7, 11) is 0. The minimum atomic E-state index is -1.73. The van der Waals surface area contributed by atoms with Crippen LogP contribution in [0.15, 0.2) is 0 Å². The monoisotopic (exact) mass is 466 g/mol. The molecule has 0 saturated heterocycles. The van der Waals surface area contributed by atoms with Crippen LogP contribution in [-0.4, -0.2) is 92.1 Å². The van der Waals surface area contributed by atoms with Crippen molar-refractivity contribution in [2.24, 2.45) is 5.73 Å². The van der Waals surface area contributed by atoms with Crippen molar-refractivity contribution in [3.8, 4) is 0 Å². The first-order valence-corrected chi connectivity index (χ1v) is 9.55. The Balaban J connectivity index is 5.51. The zero-order valence-electron chi connectivity index (χ0n) is 16.5. The standard InChI is InChI=1S/C16H26N4O10S/c1-6(21)12(17)15(28)18-7(2-3-10(22)23)13(26)19-8(4-11(24)25)14(27)20-9(5-31)16(29)30/h6-9,12,21,31H,2-5,17H2,1H3,(H,18,28)(H,19,26)(H,20,27)(H,22,23)(H,24,25)(H,29,30). The normalized spacial score (nSPS) is 15.5. The number of aliphatic hydroxyl groups excluding tert-OH is 1. The molecule has 0 aromatic carbocycles. The average molecular weight is 466 g/mol. The van der Waals surface area contributed by atoms with Crippen LogP contribution in [0, 0.1) is 0 Å². The Bertz CT molecular complexity index is 702. The minimum Gasteiger partial charge on any atom is -0.481 e. The van der Waals surface area contributed by atoms with Crippen LogP contribution in [0.5, 0.6) is 0 Å². The Hall–Kier alpha value is -2.91. The van der Waals surface area contributed by atoms with E-state index in [1.807, 2.05) is 5.32 Å². The molecule has 5 atom stereocenters. The van der Waals surface area contributed by atoms with E-state index < -0.39 is 85.2 Å². The van der Waals surface area contributed by atoms with E-state index in [1.165, 1.54) is 6.92 Å². The van der Waals surface area contributed by atoms with E-state index in [1.54, 1.807) is 0 Å². The number of hydrogen-bond donors (Lipinski definition) is 9. The number of thiol groups is 1. The number of rotatable bonds is 14. The zero-order chi connectivity index (χ0) is 24.3. The van der Waals surface area contributed by atoms with E-state index in [0.29, 0.717) is 0 Å². The van der Waals surface area contributed by atoms with E-state index >= 15 is 0 Å². The van der Waals surface area contributed by atoms with Crippen molar-refractivity contribution >= 4 is 48.3 Å². The van der Waals surface area contributed by atoms with Gasteiger partial charge in [0.2, 0.25) is 17.7 Å². The van der Waals surface area contributed by atoms with Crippen LogP contribution >= 0.6 is 12.6 Å². The lowest BCUT2D eigenvalue weighted by atomic mass is 10.1. The van der Waals surface area contributed by atoms with E-state index in [-0.39, 0.29) is 5.75 Å². The number of carbonyl (C=O) groups is 6. The molecule has 9 N–H and O–H groups in total. The molecule has 31 heavy (non-hydrogen) atoms. The molecule has 0 aliphatic rings. The number of nitrogens with one attached hydrogen (secondary N) is 3. The molecular weight excluding hydrogens is 440 g/mol. The summed E-state index contributed by atoms with van der Waals surface area (Å²) in [5, 5.41) is 42.4. The highest BCUT2D eigenvalue weighted by Gasteiger charge is 2.32. The molecule has 5 unspecified atom stereocenters. The molecule has 0 aromatic rings. The lowest BCUT2D eigenvalue weighted by Crippen LogP contribution is -2.58. The first-order valence-electron chi connectivity index (χ1n) is 8.92. The average Bonchev–Trinajstić information content (AvgIpc) is 2.66. The topological polar surface area (TPSA) is 245 Å². The Kier molecular flexibility index (Phi) is 12.1. The van der Waals surface area contributed by atoms with Gasteiger partial charge in [0.15, 0.2) is 0 Å². The van der Waals surface area contributed by atoms with Crippen molar-refractivity contribution in [1.82, 2.24) is 16.0 Å². The number of amides is 3. The van der Waals surface area contributed by atoms with E-state index in [9.17, 15) is 33.9 Å². The van der Waals surface area contributed by atoms with Crippen molar-refractivity contribution in [1.29, 1.82) is 0 Å². The Morgan fingerprint density at radius 3 is 1.74 bits per heavy atom. The maximum absolute atomic E-state index is 12.5. The van der Waals surface area contributed by atoms with Gasteiger partial charge in [-0.1, -0.05) is 0 Å². The Labute approximate surface area is 182 Å². The number of aliphatic carboxylic acids is 3. The fourth-order valence-corrected chi connectivity index (χ4v) is 2.39. The van der Waals surface area contributed by atoms with Crippen LogP contribution in [0.1, 0.15) is 26.2 Å². The highest BCUT2D eigenvalue weighted by molar-refractivity contribution is 7.80. The third-order valence-electron chi connectivity index (χ3n) is 3.91. The van der Waals surface area contributed by atoms with Gasteiger partial charge in [-0.2, -0.15) is 12.6 Å². The van der Waals surface area contributed by atoms with Crippen LogP contribution < -0.4 is 21.7 Å². The van der Waals surface area contributed by atoms with Gasteiger partial charge in [-0.05, 0) is 13.3 Å². The summed E-state index contributed by atoms with van der Waals surface area (Å²) in [4.78, 5) is 69.8. The summed E-state index contributed by atoms with van der Waals surface area (Å²) in [6.07, 6.45) is -3.22. The number of carbonyl (C=O) groups excluding carboxylic acids is 3. The SMILES string of the molecule is CC(O)C(N)C(=O)NC(CCC(=O)O)C(=O)NC(CC(=O)O)C(=O)NC(CS)C(=O)O. The molecule has 0 fully saturated rings. The lowest BCUT2D eigenvalue weighted by molar-refractivity contribution is -0.143. The quantitative estimate of drug-likeness (QED) is 0.114. The maximum atomic E-state index is 12.5. The van der Waals surface area contributed by atoms with E-state index in [0.717, 1.165) is 0 Å². The van der Waals surface area contributed by atoms with Gasteiger partial charge in [0.25, 0.3) is 0 Å². The molecule has 0 aliphatic carbocycles. The van der Waals surface area contributed by atoms with Gasteiger partial charge in [0.1, 0.15) is 24.2 Å². The fraction of sp³-hybridized carbons (Fsp3) is 0.625. The van der Waals surface area contributed by atoms with Crippen LogP contribution in [0.25, 0.3) is 0 Å². The summed E-state index contributed by atoms with van der Waals surface area (Å²) in [6.45, 7) is 1.21. The van der Waals surface area contributed by atoms with Gasteiger partial charge in [0.05, 0.1) is 12.5 Å². The Morgan fingerprint density at radius 2 is 1.32 bits per heavy atom. The molecule has 0 aliphatic heterocycles. The predicted molar refractivity (Wildman–Crippen MR) is 106 cm³/mol. The molecule has 176 valence electrons.